The van der Waals surface area contributed by atoms with Crippen LogP contribution in [0.15, 0.2) is 17.1 Å². The Morgan fingerprint density at radius 3 is 2.70 bits per heavy atom. The standard InChI is InChI=1S/C15H26N4O/c1-13-5-9-18(10-6-13)14-11-15(20)19(17-12-14)8-4-2-3-7-16/h11-13H,2-10,16H2,1H3. The SMILES string of the molecule is CC1CCN(c2cnn(CCCCCN)c(=O)c2)CC1. The van der Waals surface area contributed by atoms with Crippen molar-refractivity contribution in [2.75, 3.05) is 24.5 Å². The van der Waals surface area contributed by atoms with Gasteiger partial charge in [-0.15, -0.1) is 0 Å². The molecular weight excluding hydrogens is 252 g/mol. The van der Waals surface area contributed by atoms with Crippen LogP contribution in [0, 0.1) is 5.92 Å². The Bertz CT molecular complexity index is 463. The number of unbranched alkanes of at least 4 members (excludes halogenated alkanes) is 2. The topological polar surface area (TPSA) is 64.2 Å². The van der Waals surface area contributed by atoms with Crippen molar-refractivity contribution in [2.45, 2.75) is 45.6 Å². The molecule has 1 fully saturated rings. The number of aromatic nitrogens is 2. The fourth-order valence-electron chi connectivity index (χ4n) is 2.61. The van der Waals surface area contributed by atoms with E-state index in [1.807, 2.05) is 6.20 Å². The predicted octanol–water partition coefficient (Wildman–Crippen LogP) is 1.61. The van der Waals surface area contributed by atoms with Crippen LogP contribution in [0.25, 0.3) is 0 Å². The van der Waals surface area contributed by atoms with Gasteiger partial charge < -0.3 is 10.6 Å². The number of nitrogens with zero attached hydrogens (tertiary/aromatic N) is 3. The normalized spacial score (nSPS) is 16.6. The van der Waals surface area contributed by atoms with Crippen LogP contribution in [0.3, 0.4) is 0 Å². The van der Waals surface area contributed by atoms with Gasteiger partial charge in [0.25, 0.3) is 5.56 Å². The van der Waals surface area contributed by atoms with Crippen molar-refractivity contribution in [1.29, 1.82) is 0 Å². The van der Waals surface area contributed by atoms with Gasteiger partial charge in [-0.1, -0.05) is 13.3 Å². The molecule has 2 N–H and O–H groups in total. The molecular formula is C15H26N4O. The first-order valence-electron chi connectivity index (χ1n) is 7.73. The Hall–Kier alpha value is -1.36. The zero-order valence-corrected chi connectivity index (χ0v) is 12.4. The van der Waals surface area contributed by atoms with E-state index in [0.717, 1.165) is 44.0 Å². The third kappa shape index (κ3) is 4.07. The molecule has 112 valence electrons. The highest BCUT2D eigenvalue weighted by Crippen LogP contribution is 2.20. The third-order valence-corrected chi connectivity index (χ3v) is 4.08. The highest BCUT2D eigenvalue weighted by atomic mass is 16.1. The molecule has 1 aromatic heterocycles. The van der Waals surface area contributed by atoms with E-state index in [4.69, 9.17) is 5.73 Å². The summed E-state index contributed by atoms with van der Waals surface area (Å²) in [6.07, 6.45) is 7.25. The van der Waals surface area contributed by atoms with Crippen molar-refractivity contribution in [2.24, 2.45) is 11.7 Å². The number of anilines is 1. The van der Waals surface area contributed by atoms with Gasteiger partial charge in [0.05, 0.1) is 11.9 Å². The lowest BCUT2D eigenvalue weighted by Gasteiger charge is -2.31. The number of nitrogens with two attached hydrogens (primary N) is 1. The molecule has 5 nitrogen and oxygen atoms in total. The first-order valence-corrected chi connectivity index (χ1v) is 7.73. The van der Waals surface area contributed by atoms with Crippen LogP contribution in [0.1, 0.15) is 39.0 Å². The molecule has 0 atom stereocenters. The van der Waals surface area contributed by atoms with E-state index in [0.29, 0.717) is 13.1 Å². The average Bonchev–Trinajstić information content (AvgIpc) is 2.46. The van der Waals surface area contributed by atoms with Gasteiger partial charge >= 0.3 is 0 Å². The Labute approximate surface area is 120 Å². The summed E-state index contributed by atoms with van der Waals surface area (Å²) in [5.74, 6) is 0.794. The second-order valence-electron chi connectivity index (χ2n) is 5.79. The fraction of sp³-hybridized carbons (Fsp3) is 0.733. The molecule has 5 heteroatoms. The van der Waals surface area contributed by atoms with E-state index >= 15 is 0 Å². The summed E-state index contributed by atoms with van der Waals surface area (Å²) >= 11 is 0. The first-order chi connectivity index (χ1) is 9.70. The monoisotopic (exact) mass is 278 g/mol. The first kappa shape index (κ1) is 15.0. The summed E-state index contributed by atoms with van der Waals surface area (Å²) < 4.78 is 1.56. The molecule has 0 unspecified atom stereocenters. The fourth-order valence-corrected chi connectivity index (χ4v) is 2.61. The van der Waals surface area contributed by atoms with Crippen LogP contribution in [0.5, 0.6) is 0 Å². The van der Waals surface area contributed by atoms with Gasteiger partial charge in [-0.2, -0.15) is 5.10 Å². The zero-order valence-electron chi connectivity index (χ0n) is 12.4. The van der Waals surface area contributed by atoms with Crippen molar-refractivity contribution in [1.82, 2.24) is 9.78 Å². The molecule has 0 amide bonds. The molecule has 1 aromatic rings. The lowest BCUT2D eigenvalue weighted by molar-refractivity contribution is 0.437. The summed E-state index contributed by atoms with van der Waals surface area (Å²) in [6.45, 7) is 5.76. The van der Waals surface area contributed by atoms with E-state index in [1.54, 1.807) is 10.7 Å². The van der Waals surface area contributed by atoms with Gasteiger partial charge in [-0.25, -0.2) is 4.68 Å². The Kier molecular flexibility index (Phi) is 5.59. The number of hydrogen-bond donors (Lipinski definition) is 1. The van der Waals surface area contributed by atoms with Crippen LogP contribution in [-0.4, -0.2) is 29.4 Å². The molecule has 2 rings (SSSR count). The minimum Gasteiger partial charge on any atom is -0.370 e. The number of rotatable bonds is 6. The van der Waals surface area contributed by atoms with Crippen molar-refractivity contribution in [3.05, 3.63) is 22.6 Å². The molecule has 1 aliphatic heterocycles. The molecule has 0 spiro atoms. The second kappa shape index (κ2) is 7.43. The minimum absolute atomic E-state index is 0.00821. The number of hydrogen-bond acceptors (Lipinski definition) is 4. The van der Waals surface area contributed by atoms with Gasteiger partial charge in [-0.3, -0.25) is 4.79 Å². The zero-order chi connectivity index (χ0) is 14.4. The summed E-state index contributed by atoms with van der Waals surface area (Å²) in [6, 6.07) is 1.73. The van der Waals surface area contributed by atoms with Crippen molar-refractivity contribution in [3.63, 3.8) is 0 Å². The van der Waals surface area contributed by atoms with Crippen LogP contribution in [0.4, 0.5) is 5.69 Å². The van der Waals surface area contributed by atoms with E-state index in [-0.39, 0.29) is 5.56 Å². The second-order valence-corrected chi connectivity index (χ2v) is 5.79. The van der Waals surface area contributed by atoms with E-state index in [1.165, 1.54) is 12.8 Å². The summed E-state index contributed by atoms with van der Waals surface area (Å²) in [5.41, 5.74) is 6.44. The minimum atomic E-state index is 0.00821. The van der Waals surface area contributed by atoms with Gasteiger partial charge in [0.2, 0.25) is 0 Å². The average molecular weight is 278 g/mol. The molecule has 1 saturated heterocycles. The van der Waals surface area contributed by atoms with Crippen molar-refractivity contribution < 1.29 is 0 Å². The Balaban J connectivity index is 1.93. The molecule has 0 aromatic carbocycles. The van der Waals surface area contributed by atoms with Gasteiger partial charge in [0, 0.05) is 25.7 Å². The quantitative estimate of drug-likeness (QED) is 0.803. The van der Waals surface area contributed by atoms with Crippen LogP contribution in [0.2, 0.25) is 0 Å². The molecule has 1 aliphatic rings. The molecule has 0 aliphatic carbocycles. The van der Waals surface area contributed by atoms with Gasteiger partial charge in [0.1, 0.15) is 0 Å². The summed E-state index contributed by atoms with van der Waals surface area (Å²) in [7, 11) is 0. The maximum atomic E-state index is 12.1. The summed E-state index contributed by atoms with van der Waals surface area (Å²) in [5, 5.41) is 4.30. The molecule has 20 heavy (non-hydrogen) atoms. The van der Waals surface area contributed by atoms with Crippen molar-refractivity contribution >= 4 is 5.69 Å². The van der Waals surface area contributed by atoms with Gasteiger partial charge in [-0.05, 0) is 38.1 Å². The van der Waals surface area contributed by atoms with E-state index in [9.17, 15) is 4.79 Å². The molecule has 0 radical (unpaired) electrons. The van der Waals surface area contributed by atoms with Crippen LogP contribution in [-0.2, 0) is 6.54 Å². The Morgan fingerprint density at radius 1 is 1.30 bits per heavy atom. The lowest BCUT2D eigenvalue weighted by atomic mass is 9.99. The highest BCUT2D eigenvalue weighted by Gasteiger charge is 2.16. The Morgan fingerprint density at radius 2 is 2.05 bits per heavy atom. The van der Waals surface area contributed by atoms with Crippen LogP contribution >= 0.6 is 0 Å². The third-order valence-electron chi connectivity index (χ3n) is 4.08. The predicted molar refractivity (Wildman–Crippen MR) is 82.0 cm³/mol. The summed E-state index contributed by atoms with van der Waals surface area (Å²) in [4.78, 5) is 14.3. The maximum Gasteiger partial charge on any atom is 0.268 e. The maximum absolute atomic E-state index is 12.1. The lowest BCUT2D eigenvalue weighted by Crippen LogP contribution is -2.34. The number of aryl methyl sites for hydroxylation is 1. The largest absolute Gasteiger partial charge is 0.370 e. The smallest absolute Gasteiger partial charge is 0.268 e. The van der Waals surface area contributed by atoms with Gasteiger partial charge in [0.15, 0.2) is 0 Å². The van der Waals surface area contributed by atoms with Crippen molar-refractivity contribution in [3.8, 4) is 0 Å². The van der Waals surface area contributed by atoms with E-state index < -0.39 is 0 Å². The molecule has 0 saturated carbocycles. The molecule has 0 bridgehead atoms. The van der Waals surface area contributed by atoms with Crippen LogP contribution < -0.4 is 16.2 Å². The van der Waals surface area contributed by atoms with E-state index in [2.05, 4.69) is 16.9 Å². The molecule has 2 heterocycles. The number of piperidine rings is 1. The highest BCUT2D eigenvalue weighted by molar-refractivity contribution is 5.43.